The quantitative estimate of drug-likeness (QED) is 0.206. The third kappa shape index (κ3) is 6.53. The Morgan fingerprint density at radius 1 is 0.955 bits per heavy atom. The summed E-state index contributed by atoms with van der Waals surface area (Å²) in [6, 6.07) is 23.4. The van der Waals surface area contributed by atoms with Crippen LogP contribution < -0.4 is 10.6 Å². The predicted molar refractivity (Wildman–Crippen MR) is 178 cm³/mol. The third-order valence-electron chi connectivity index (χ3n) is 8.25. The SMILES string of the molecule is Cc1ccc(-n2nc(C(C)(C)C)cc2NC(=O)Nc2ccccc2CC2CCN(C(=O)c3ccc4ncsc4c3)CC2)cc1. The van der Waals surface area contributed by atoms with Crippen molar-refractivity contribution in [2.24, 2.45) is 5.92 Å². The van der Waals surface area contributed by atoms with E-state index in [1.54, 1.807) is 16.0 Å². The summed E-state index contributed by atoms with van der Waals surface area (Å²) >= 11 is 1.55. The van der Waals surface area contributed by atoms with E-state index in [1.807, 2.05) is 84.1 Å². The summed E-state index contributed by atoms with van der Waals surface area (Å²) < 4.78 is 2.82. The fourth-order valence-corrected chi connectivity index (χ4v) is 6.35. The highest BCUT2D eigenvalue weighted by Gasteiger charge is 2.25. The topological polar surface area (TPSA) is 92.2 Å². The number of anilines is 2. The van der Waals surface area contributed by atoms with Crippen LogP contribution in [0.4, 0.5) is 16.3 Å². The number of aryl methyl sites for hydroxylation is 1. The van der Waals surface area contributed by atoms with Crippen LogP contribution in [0.2, 0.25) is 0 Å². The van der Waals surface area contributed by atoms with Crippen LogP contribution in [0.3, 0.4) is 0 Å². The molecule has 2 N–H and O–H groups in total. The van der Waals surface area contributed by atoms with Crippen molar-refractivity contribution in [1.82, 2.24) is 19.7 Å². The third-order valence-corrected chi connectivity index (χ3v) is 9.04. The van der Waals surface area contributed by atoms with Crippen molar-refractivity contribution in [2.75, 3.05) is 23.7 Å². The van der Waals surface area contributed by atoms with Crippen LogP contribution in [0.5, 0.6) is 0 Å². The Morgan fingerprint density at radius 3 is 2.45 bits per heavy atom. The molecular weight excluding hydrogens is 568 g/mol. The second-order valence-electron chi connectivity index (χ2n) is 12.6. The van der Waals surface area contributed by atoms with Crippen LogP contribution in [0, 0.1) is 12.8 Å². The van der Waals surface area contributed by atoms with E-state index in [4.69, 9.17) is 5.10 Å². The average molecular weight is 607 g/mol. The van der Waals surface area contributed by atoms with Gasteiger partial charge in [0.15, 0.2) is 0 Å². The number of rotatable bonds is 6. The number of nitrogens with one attached hydrogen (secondary N) is 2. The maximum absolute atomic E-state index is 13.3. The summed E-state index contributed by atoms with van der Waals surface area (Å²) in [5.41, 5.74) is 8.10. The van der Waals surface area contributed by atoms with Crippen LogP contribution in [0.1, 0.15) is 60.8 Å². The first kappa shape index (κ1) is 29.6. The Labute approximate surface area is 262 Å². The second-order valence-corrected chi connectivity index (χ2v) is 13.5. The van der Waals surface area contributed by atoms with E-state index in [-0.39, 0.29) is 17.4 Å². The maximum Gasteiger partial charge on any atom is 0.324 e. The van der Waals surface area contributed by atoms with Crippen molar-refractivity contribution >= 4 is 45.0 Å². The molecule has 44 heavy (non-hydrogen) atoms. The standard InChI is InChI=1S/C35H38N6O2S/c1-23-9-12-27(13-10-23)41-32(21-31(39-41)35(2,3)4)38-34(43)37-28-8-6-5-7-25(28)19-24-15-17-40(18-16-24)33(42)26-11-14-29-30(20-26)44-22-36-29/h5-14,20-22,24H,15-19H2,1-4H3,(H2,37,38,43). The zero-order valence-electron chi connectivity index (χ0n) is 25.6. The number of piperidine rings is 1. The number of hydrogen-bond donors (Lipinski definition) is 2. The van der Waals surface area contributed by atoms with Gasteiger partial charge in [0.2, 0.25) is 0 Å². The van der Waals surface area contributed by atoms with Crippen LogP contribution in [-0.2, 0) is 11.8 Å². The lowest BCUT2D eigenvalue weighted by molar-refractivity contribution is 0.0690. The molecule has 5 aromatic rings. The van der Waals surface area contributed by atoms with Crippen LogP contribution in [-0.4, -0.2) is 44.7 Å². The molecule has 0 atom stereocenters. The lowest BCUT2D eigenvalue weighted by atomic mass is 9.89. The van der Waals surface area contributed by atoms with Gasteiger partial charge in [-0.3, -0.25) is 10.1 Å². The van der Waals surface area contributed by atoms with Crippen molar-refractivity contribution in [1.29, 1.82) is 0 Å². The first-order valence-corrected chi connectivity index (χ1v) is 16.0. The number of amides is 3. The highest BCUT2D eigenvalue weighted by atomic mass is 32.1. The van der Waals surface area contributed by atoms with Gasteiger partial charge >= 0.3 is 6.03 Å². The minimum Gasteiger partial charge on any atom is -0.339 e. The molecule has 226 valence electrons. The van der Waals surface area contributed by atoms with Gasteiger partial charge in [0.1, 0.15) is 5.82 Å². The van der Waals surface area contributed by atoms with E-state index >= 15 is 0 Å². The molecular formula is C35H38N6O2S. The normalized spacial score (nSPS) is 14.1. The Kier molecular flexibility index (Phi) is 8.23. The van der Waals surface area contributed by atoms with Gasteiger partial charge in [0.25, 0.3) is 5.91 Å². The van der Waals surface area contributed by atoms with Crippen molar-refractivity contribution in [3.8, 4) is 5.69 Å². The summed E-state index contributed by atoms with van der Waals surface area (Å²) in [5, 5.41) is 11.0. The number of para-hydroxylation sites is 1. The predicted octanol–water partition coefficient (Wildman–Crippen LogP) is 7.83. The smallest absolute Gasteiger partial charge is 0.324 e. The number of carbonyl (C=O) groups is 2. The number of aromatic nitrogens is 3. The molecule has 1 aliphatic rings. The summed E-state index contributed by atoms with van der Waals surface area (Å²) in [7, 11) is 0. The zero-order valence-corrected chi connectivity index (χ0v) is 26.4. The second kappa shape index (κ2) is 12.2. The van der Waals surface area contributed by atoms with Gasteiger partial charge in [0, 0.05) is 35.8 Å². The number of thiazole rings is 1. The van der Waals surface area contributed by atoms with E-state index in [2.05, 4.69) is 42.5 Å². The highest BCUT2D eigenvalue weighted by Crippen LogP contribution is 2.29. The van der Waals surface area contributed by atoms with Gasteiger partial charge in [-0.1, -0.05) is 56.7 Å². The van der Waals surface area contributed by atoms with E-state index in [9.17, 15) is 9.59 Å². The summed E-state index contributed by atoms with van der Waals surface area (Å²) in [5.74, 6) is 1.11. The largest absolute Gasteiger partial charge is 0.339 e. The average Bonchev–Trinajstić information content (AvgIpc) is 3.66. The van der Waals surface area contributed by atoms with Gasteiger partial charge in [0.05, 0.1) is 27.1 Å². The first-order chi connectivity index (χ1) is 21.1. The fraction of sp³-hybridized carbons (Fsp3) is 0.314. The van der Waals surface area contributed by atoms with Gasteiger partial charge < -0.3 is 10.2 Å². The van der Waals surface area contributed by atoms with Crippen LogP contribution >= 0.6 is 11.3 Å². The van der Waals surface area contributed by atoms with Gasteiger partial charge in [-0.05, 0) is 74.1 Å². The van der Waals surface area contributed by atoms with Crippen LogP contribution in [0.15, 0.2) is 78.3 Å². The number of likely N-dealkylation sites (tertiary alicyclic amines) is 1. The minimum absolute atomic E-state index is 0.0805. The Morgan fingerprint density at radius 2 is 1.70 bits per heavy atom. The number of urea groups is 1. The molecule has 3 amide bonds. The monoisotopic (exact) mass is 606 g/mol. The summed E-state index contributed by atoms with van der Waals surface area (Å²) in [6.45, 7) is 9.81. The number of hydrogen-bond acceptors (Lipinski definition) is 5. The molecule has 0 saturated carbocycles. The number of fused-ring (bicyclic) bond motifs is 1. The molecule has 0 radical (unpaired) electrons. The highest BCUT2D eigenvalue weighted by molar-refractivity contribution is 7.16. The lowest BCUT2D eigenvalue weighted by Crippen LogP contribution is -2.39. The molecule has 0 bridgehead atoms. The number of carbonyl (C=O) groups excluding carboxylic acids is 2. The molecule has 3 aromatic carbocycles. The first-order valence-electron chi connectivity index (χ1n) is 15.1. The number of nitrogens with zero attached hydrogens (tertiary/aromatic N) is 4. The summed E-state index contributed by atoms with van der Waals surface area (Å²) in [4.78, 5) is 32.8. The van der Waals surface area contributed by atoms with E-state index in [0.717, 1.165) is 76.3 Å². The molecule has 9 heteroatoms. The van der Waals surface area contributed by atoms with E-state index < -0.39 is 0 Å². The molecule has 2 aromatic heterocycles. The Bertz CT molecular complexity index is 1790. The molecule has 1 aliphatic heterocycles. The fourth-order valence-electron chi connectivity index (χ4n) is 5.63. The van der Waals surface area contributed by atoms with E-state index in [1.165, 1.54) is 0 Å². The Hall–Kier alpha value is -4.50. The molecule has 0 aliphatic carbocycles. The molecule has 1 saturated heterocycles. The molecule has 1 fully saturated rings. The molecule has 0 spiro atoms. The minimum atomic E-state index is -0.315. The maximum atomic E-state index is 13.3. The molecule has 6 rings (SSSR count). The van der Waals surface area contributed by atoms with Crippen molar-refractivity contribution in [3.63, 3.8) is 0 Å². The molecule has 8 nitrogen and oxygen atoms in total. The lowest BCUT2D eigenvalue weighted by Gasteiger charge is -2.32. The van der Waals surface area contributed by atoms with Gasteiger partial charge in [-0.15, -0.1) is 11.3 Å². The van der Waals surface area contributed by atoms with Gasteiger partial charge in [-0.25, -0.2) is 14.5 Å². The molecule has 0 unspecified atom stereocenters. The molecule has 3 heterocycles. The van der Waals surface area contributed by atoms with Crippen LogP contribution in [0.25, 0.3) is 15.9 Å². The Balaban J connectivity index is 1.10. The number of benzene rings is 3. The van der Waals surface area contributed by atoms with Crippen molar-refractivity contribution < 1.29 is 9.59 Å². The van der Waals surface area contributed by atoms with Crippen molar-refractivity contribution in [3.05, 3.63) is 101 Å². The zero-order chi connectivity index (χ0) is 30.8. The van der Waals surface area contributed by atoms with E-state index in [0.29, 0.717) is 11.7 Å². The summed E-state index contributed by atoms with van der Waals surface area (Å²) in [6.07, 6.45) is 2.67. The van der Waals surface area contributed by atoms with Gasteiger partial charge in [-0.2, -0.15) is 5.10 Å². The van der Waals surface area contributed by atoms with Crippen molar-refractivity contribution in [2.45, 2.75) is 52.4 Å².